The van der Waals surface area contributed by atoms with E-state index in [9.17, 15) is 4.79 Å². The summed E-state index contributed by atoms with van der Waals surface area (Å²) >= 11 is 3.45. The first-order valence-corrected chi connectivity index (χ1v) is 7.08. The molecule has 0 saturated carbocycles. The standard InChI is InChI=1S/C12H21BrN2O2/c1-12(2,13)11(16)15-4-3-10(9-15)14-5-7-17-8-6-14/h10H,3-9H2,1-2H3. The summed E-state index contributed by atoms with van der Waals surface area (Å²) < 4.78 is 4.92. The van der Waals surface area contributed by atoms with Gasteiger partial charge in [0, 0.05) is 32.2 Å². The molecular formula is C12H21BrN2O2. The maximum absolute atomic E-state index is 12.1. The summed E-state index contributed by atoms with van der Waals surface area (Å²) in [5, 5.41) is 0. The van der Waals surface area contributed by atoms with Crippen molar-refractivity contribution >= 4 is 21.8 Å². The average molecular weight is 305 g/mol. The van der Waals surface area contributed by atoms with Gasteiger partial charge in [-0.3, -0.25) is 9.69 Å². The number of halogens is 1. The minimum Gasteiger partial charge on any atom is -0.379 e. The lowest BCUT2D eigenvalue weighted by Gasteiger charge is -2.32. The molecule has 5 heteroatoms. The van der Waals surface area contributed by atoms with Crippen molar-refractivity contribution < 1.29 is 9.53 Å². The van der Waals surface area contributed by atoms with Gasteiger partial charge in [-0.05, 0) is 20.3 Å². The van der Waals surface area contributed by atoms with Crippen LogP contribution in [-0.4, -0.2) is 65.5 Å². The summed E-state index contributed by atoms with van der Waals surface area (Å²) in [6, 6.07) is 0.526. The first kappa shape index (κ1) is 13.3. The Labute approximate surface area is 111 Å². The number of amides is 1. The molecule has 2 fully saturated rings. The van der Waals surface area contributed by atoms with E-state index in [0.29, 0.717) is 6.04 Å². The Morgan fingerprint density at radius 3 is 2.53 bits per heavy atom. The molecule has 0 radical (unpaired) electrons. The molecule has 17 heavy (non-hydrogen) atoms. The minimum absolute atomic E-state index is 0.202. The van der Waals surface area contributed by atoms with Crippen molar-refractivity contribution in [1.29, 1.82) is 0 Å². The summed E-state index contributed by atoms with van der Waals surface area (Å²) in [7, 11) is 0. The highest BCUT2D eigenvalue weighted by atomic mass is 79.9. The van der Waals surface area contributed by atoms with Gasteiger partial charge in [-0.2, -0.15) is 0 Å². The molecule has 2 rings (SSSR count). The van der Waals surface area contributed by atoms with E-state index in [4.69, 9.17) is 4.74 Å². The van der Waals surface area contributed by atoms with Gasteiger partial charge in [-0.1, -0.05) is 15.9 Å². The Bertz CT molecular complexity index is 285. The van der Waals surface area contributed by atoms with Gasteiger partial charge in [0.2, 0.25) is 5.91 Å². The quantitative estimate of drug-likeness (QED) is 0.716. The van der Waals surface area contributed by atoms with Crippen molar-refractivity contribution in [1.82, 2.24) is 9.80 Å². The molecule has 0 N–H and O–H groups in total. The molecule has 2 saturated heterocycles. The van der Waals surface area contributed by atoms with Gasteiger partial charge in [0.25, 0.3) is 0 Å². The number of alkyl halides is 1. The second-order valence-electron chi connectivity index (χ2n) is 5.31. The number of morpholine rings is 1. The van der Waals surface area contributed by atoms with Gasteiger partial charge < -0.3 is 9.64 Å². The van der Waals surface area contributed by atoms with Crippen LogP contribution in [-0.2, 0) is 9.53 Å². The van der Waals surface area contributed by atoms with Crippen LogP contribution in [0.1, 0.15) is 20.3 Å². The van der Waals surface area contributed by atoms with Gasteiger partial charge in [-0.25, -0.2) is 0 Å². The van der Waals surface area contributed by atoms with Gasteiger partial charge in [-0.15, -0.1) is 0 Å². The molecule has 0 aliphatic carbocycles. The minimum atomic E-state index is -0.438. The van der Waals surface area contributed by atoms with E-state index in [1.165, 1.54) is 0 Å². The van der Waals surface area contributed by atoms with Crippen molar-refractivity contribution in [3.63, 3.8) is 0 Å². The van der Waals surface area contributed by atoms with Crippen LogP contribution < -0.4 is 0 Å². The van der Waals surface area contributed by atoms with Gasteiger partial charge in [0.05, 0.1) is 17.5 Å². The van der Waals surface area contributed by atoms with E-state index in [-0.39, 0.29) is 5.91 Å². The van der Waals surface area contributed by atoms with Crippen LogP contribution in [0.5, 0.6) is 0 Å². The molecule has 2 aliphatic rings. The van der Waals surface area contributed by atoms with E-state index in [1.54, 1.807) is 0 Å². The van der Waals surface area contributed by atoms with Crippen molar-refractivity contribution in [2.75, 3.05) is 39.4 Å². The fourth-order valence-electron chi connectivity index (χ4n) is 2.54. The van der Waals surface area contributed by atoms with E-state index in [1.807, 2.05) is 18.7 Å². The first-order chi connectivity index (χ1) is 7.98. The van der Waals surface area contributed by atoms with Gasteiger partial charge in [0.1, 0.15) is 0 Å². The Hall–Kier alpha value is -0.130. The van der Waals surface area contributed by atoms with E-state index in [0.717, 1.165) is 45.8 Å². The van der Waals surface area contributed by atoms with Crippen LogP contribution in [0.4, 0.5) is 0 Å². The van der Waals surface area contributed by atoms with E-state index >= 15 is 0 Å². The predicted octanol–water partition coefficient (Wildman–Crippen LogP) is 1.09. The largest absolute Gasteiger partial charge is 0.379 e. The predicted molar refractivity (Wildman–Crippen MR) is 70.4 cm³/mol. The number of hydrogen-bond donors (Lipinski definition) is 0. The van der Waals surface area contributed by atoms with Crippen molar-refractivity contribution in [3.05, 3.63) is 0 Å². The lowest BCUT2D eigenvalue weighted by atomic mass is 10.2. The van der Waals surface area contributed by atoms with Gasteiger partial charge in [0.15, 0.2) is 0 Å². The third kappa shape index (κ3) is 3.20. The highest BCUT2D eigenvalue weighted by molar-refractivity contribution is 9.10. The lowest BCUT2D eigenvalue weighted by Crippen LogP contribution is -2.46. The Balaban J connectivity index is 1.88. The first-order valence-electron chi connectivity index (χ1n) is 6.28. The molecule has 2 heterocycles. The van der Waals surface area contributed by atoms with Crippen LogP contribution in [0, 0.1) is 0 Å². The smallest absolute Gasteiger partial charge is 0.238 e. The second kappa shape index (κ2) is 5.24. The third-order valence-electron chi connectivity index (χ3n) is 3.52. The number of ether oxygens (including phenoxy) is 1. The zero-order valence-corrected chi connectivity index (χ0v) is 12.2. The number of carbonyl (C=O) groups excluding carboxylic acids is 1. The highest BCUT2D eigenvalue weighted by Gasteiger charge is 2.36. The van der Waals surface area contributed by atoms with Crippen LogP contribution in [0.2, 0.25) is 0 Å². The SMILES string of the molecule is CC(C)(Br)C(=O)N1CCC(N2CCOCC2)C1. The molecule has 2 aliphatic heterocycles. The molecule has 1 atom stereocenters. The summed E-state index contributed by atoms with van der Waals surface area (Å²) in [5.41, 5.74) is 0. The zero-order chi connectivity index (χ0) is 12.5. The lowest BCUT2D eigenvalue weighted by molar-refractivity contribution is -0.131. The summed E-state index contributed by atoms with van der Waals surface area (Å²) in [4.78, 5) is 16.6. The van der Waals surface area contributed by atoms with Crippen LogP contribution in [0.15, 0.2) is 0 Å². The summed E-state index contributed by atoms with van der Waals surface area (Å²) in [5.74, 6) is 0.202. The number of carbonyl (C=O) groups is 1. The van der Waals surface area contributed by atoms with Crippen LogP contribution >= 0.6 is 15.9 Å². The zero-order valence-electron chi connectivity index (χ0n) is 10.6. The van der Waals surface area contributed by atoms with Crippen LogP contribution in [0.25, 0.3) is 0 Å². The topological polar surface area (TPSA) is 32.8 Å². The molecule has 0 aromatic rings. The Morgan fingerprint density at radius 2 is 1.94 bits per heavy atom. The molecule has 0 aromatic carbocycles. The van der Waals surface area contributed by atoms with E-state index < -0.39 is 4.32 Å². The third-order valence-corrected chi connectivity index (χ3v) is 3.86. The van der Waals surface area contributed by atoms with Crippen molar-refractivity contribution in [2.24, 2.45) is 0 Å². The highest BCUT2D eigenvalue weighted by Crippen LogP contribution is 2.24. The molecule has 0 bridgehead atoms. The normalized spacial score (nSPS) is 27.5. The average Bonchev–Trinajstić information content (AvgIpc) is 2.77. The Morgan fingerprint density at radius 1 is 1.29 bits per heavy atom. The van der Waals surface area contributed by atoms with Crippen molar-refractivity contribution in [2.45, 2.75) is 30.6 Å². The fourth-order valence-corrected chi connectivity index (χ4v) is 2.79. The Kier molecular flexibility index (Phi) is 4.10. The number of hydrogen-bond acceptors (Lipinski definition) is 3. The molecule has 1 amide bonds. The number of likely N-dealkylation sites (tertiary alicyclic amines) is 1. The second-order valence-corrected chi connectivity index (χ2v) is 7.30. The maximum Gasteiger partial charge on any atom is 0.238 e. The number of nitrogens with zero attached hydrogens (tertiary/aromatic N) is 2. The monoisotopic (exact) mass is 304 g/mol. The number of rotatable bonds is 2. The molecule has 98 valence electrons. The maximum atomic E-state index is 12.1. The van der Waals surface area contributed by atoms with E-state index in [2.05, 4.69) is 20.8 Å². The molecule has 0 aromatic heterocycles. The molecule has 4 nitrogen and oxygen atoms in total. The molecular weight excluding hydrogens is 284 g/mol. The molecule has 1 unspecified atom stereocenters. The fraction of sp³-hybridized carbons (Fsp3) is 0.917. The van der Waals surface area contributed by atoms with Crippen LogP contribution in [0.3, 0.4) is 0 Å². The van der Waals surface area contributed by atoms with Gasteiger partial charge >= 0.3 is 0 Å². The summed E-state index contributed by atoms with van der Waals surface area (Å²) in [6.07, 6.45) is 1.09. The molecule has 0 spiro atoms. The summed E-state index contributed by atoms with van der Waals surface area (Å²) in [6.45, 7) is 9.25. The van der Waals surface area contributed by atoms with Crippen molar-refractivity contribution in [3.8, 4) is 0 Å².